The van der Waals surface area contributed by atoms with Crippen LogP contribution in [-0.4, -0.2) is 4.98 Å². The summed E-state index contributed by atoms with van der Waals surface area (Å²) in [4.78, 5) is 5.36. The lowest BCUT2D eigenvalue weighted by molar-refractivity contribution is 0.578. The van der Waals surface area contributed by atoms with E-state index in [0.717, 1.165) is 11.0 Å². The minimum Gasteiger partial charge on any atom is -0.305 e. The van der Waals surface area contributed by atoms with Crippen molar-refractivity contribution in [1.29, 1.82) is 0 Å². The smallest absolute Gasteiger partial charge is 0.0305 e. The van der Waals surface area contributed by atoms with E-state index >= 15 is 0 Å². The highest BCUT2D eigenvalue weighted by atomic mass is 79.9. The van der Waals surface area contributed by atoms with Gasteiger partial charge < -0.3 is 5.32 Å². The summed E-state index contributed by atoms with van der Waals surface area (Å²) in [6.45, 7) is 3.07. The quantitative estimate of drug-likeness (QED) is 0.929. The monoisotopic (exact) mass is 296 g/mol. The standard InChI is InChI=1S/C12H13BrN2S/c1-9(10-2-4-14-5-3-10)15-7-12-6-11(13)8-16-12/h2-6,8-9,15H,7H2,1H3/t9-/m1/s1. The van der Waals surface area contributed by atoms with Gasteiger partial charge in [-0.3, -0.25) is 4.98 Å². The molecule has 2 rings (SSSR count). The van der Waals surface area contributed by atoms with E-state index in [0.29, 0.717) is 6.04 Å². The van der Waals surface area contributed by atoms with Crippen molar-refractivity contribution in [3.63, 3.8) is 0 Å². The fourth-order valence-electron chi connectivity index (χ4n) is 1.47. The van der Waals surface area contributed by atoms with Crippen molar-refractivity contribution in [1.82, 2.24) is 10.3 Å². The zero-order chi connectivity index (χ0) is 11.4. The molecule has 2 aromatic heterocycles. The predicted octanol–water partition coefficient (Wildman–Crippen LogP) is 3.76. The SMILES string of the molecule is C[C@@H](NCc1cc(Br)cs1)c1ccncc1. The lowest BCUT2D eigenvalue weighted by atomic mass is 10.1. The molecule has 0 aliphatic heterocycles. The summed E-state index contributed by atoms with van der Waals surface area (Å²) in [5.41, 5.74) is 1.27. The van der Waals surface area contributed by atoms with Crippen LogP contribution in [0.4, 0.5) is 0 Å². The second-order valence-electron chi connectivity index (χ2n) is 3.61. The molecule has 0 bridgehead atoms. The van der Waals surface area contributed by atoms with Crippen LogP contribution in [-0.2, 0) is 6.54 Å². The van der Waals surface area contributed by atoms with Gasteiger partial charge in [0.05, 0.1) is 0 Å². The third kappa shape index (κ3) is 3.14. The van der Waals surface area contributed by atoms with Gasteiger partial charge in [0.25, 0.3) is 0 Å². The third-order valence-corrected chi connectivity index (χ3v) is 4.11. The number of thiophene rings is 1. The fraction of sp³-hybridized carbons (Fsp3) is 0.250. The van der Waals surface area contributed by atoms with E-state index in [4.69, 9.17) is 0 Å². The number of nitrogens with one attached hydrogen (secondary N) is 1. The maximum Gasteiger partial charge on any atom is 0.0305 e. The Balaban J connectivity index is 1.91. The molecule has 0 aromatic carbocycles. The van der Waals surface area contributed by atoms with Gasteiger partial charge >= 0.3 is 0 Å². The van der Waals surface area contributed by atoms with Crippen molar-refractivity contribution in [2.45, 2.75) is 19.5 Å². The topological polar surface area (TPSA) is 24.9 Å². The zero-order valence-electron chi connectivity index (χ0n) is 8.98. The lowest BCUT2D eigenvalue weighted by Gasteiger charge is -2.12. The highest BCUT2D eigenvalue weighted by molar-refractivity contribution is 9.10. The van der Waals surface area contributed by atoms with Crippen molar-refractivity contribution < 1.29 is 0 Å². The minimum absolute atomic E-state index is 0.351. The summed E-state index contributed by atoms with van der Waals surface area (Å²) in [6.07, 6.45) is 3.66. The molecule has 84 valence electrons. The molecule has 2 nitrogen and oxygen atoms in total. The first-order valence-electron chi connectivity index (χ1n) is 5.12. The number of rotatable bonds is 4. The van der Waals surface area contributed by atoms with Crippen LogP contribution in [0.3, 0.4) is 0 Å². The van der Waals surface area contributed by atoms with Crippen LogP contribution in [0, 0.1) is 0 Å². The van der Waals surface area contributed by atoms with E-state index in [-0.39, 0.29) is 0 Å². The van der Waals surface area contributed by atoms with E-state index in [9.17, 15) is 0 Å². The number of halogens is 1. The van der Waals surface area contributed by atoms with Crippen molar-refractivity contribution >= 4 is 27.3 Å². The molecule has 4 heteroatoms. The Morgan fingerprint density at radius 2 is 2.19 bits per heavy atom. The Bertz CT molecular complexity index is 441. The van der Waals surface area contributed by atoms with E-state index < -0.39 is 0 Å². The first-order valence-corrected chi connectivity index (χ1v) is 6.79. The molecule has 0 spiro atoms. The largest absolute Gasteiger partial charge is 0.305 e. The summed E-state index contributed by atoms with van der Waals surface area (Å²) in [7, 11) is 0. The summed E-state index contributed by atoms with van der Waals surface area (Å²) >= 11 is 5.22. The third-order valence-electron chi connectivity index (χ3n) is 2.41. The molecule has 0 fully saturated rings. The zero-order valence-corrected chi connectivity index (χ0v) is 11.4. The van der Waals surface area contributed by atoms with Crippen molar-refractivity contribution in [3.8, 4) is 0 Å². The summed E-state index contributed by atoms with van der Waals surface area (Å²) in [5.74, 6) is 0. The average Bonchev–Trinajstić information content (AvgIpc) is 2.73. The molecule has 2 aromatic rings. The Morgan fingerprint density at radius 1 is 1.44 bits per heavy atom. The Hall–Kier alpha value is -0.710. The fourth-order valence-corrected chi connectivity index (χ4v) is 2.87. The van der Waals surface area contributed by atoms with Crippen LogP contribution < -0.4 is 5.32 Å². The van der Waals surface area contributed by atoms with Gasteiger partial charge in [0, 0.05) is 39.7 Å². The second kappa shape index (κ2) is 5.57. The van der Waals surface area contributed by atoms with Crippen molar-refractivity contribution in [2.24, 2.45) is 0 Å². The molecule has 0 amide bonds. The highest BCUT2D eigenvalue weighted by Gasteiger charge is 2.04. The van der Waals surface area contributed by atoms with Crippen LogP contribution in [0.15, 0.2) is 40.4 Å². The predicted molar refractivity (Wildman–Crippen MR) is 71.5 cm³/mol. The molecule has 0 aliphatic carbocycles. The molecule has 16 heavy (non-hydrogen) atoms. The second-order valence-corrected chi connectivity index (χ2v) is 5.53. The first kappa shape index (κ1) is 11.8. The lowest BCUT2D eigenvalue weighted by Crippen LogP contribution is -2.17. The number of nitrogens with zero attached hydrogens (tertiary/aromatic N) is 1. The number of pyridine rings is 1. The van der Waals surface area contributed by atoms with E-state index in [1.165, 1.54) is 10.4 Å². The maximum absolute atomic E-state index is 4.02. The summed E-state index contributed by atoms with van der Waals surface area (Å²) < 4.78 is 1.16. The maximum atomic E-state index is 4.02. The van der Waals surface area contributed by atoms with Gasteiger partial charge in [-0.1, -0.05) is 0 Å². The van der Waals surface area contributed by atoms with Crippen LogP contribution in [0.25, 0.3) is 0 Å². The summed E-state index contributed by atoms with van der Waals surface area (Å²) in [5, 5.41) is 5.60. The van der Waals surface area contributed by atoms with E-state index in [2.05, 4.69) is 44.6 Å². The van der Waals surface area contributed by atoms with Gasteiger partial charge in [-0.2, -0.15) is 0 Å². The van der Waals surface area contributed by atoms with Crippen LogP contribution >= 0.6 is 27.3 Å². The van der Waals surface area contributed by atoms with Crippen LogP contribution in [0.5, 0.6) is 0 Å². The Labute approximate surface area is 108 Å². The van der Waals surface area contributed by atoms with Crippen LogP contribution in [0.1, 0.15) is 23.4 Å². The normalized spacial score (nSPS) is 12.6. The van der Waals surface area contributed by atoms with Gasteiger partial charge in [-0.05, 0) is 46.6 Å². The van der Waals surface area contributed by atoms with Crippen LogP contribution in [0.2, 0.25) is 0 Å². The number of hydrogen-bond donors (Lipinski definition) is 1. The molecular weight excluding hydrogens is 284 g/mol. The van der Waals surface area contributed by atoms with Crippen molar-refractivity contribution in [3.05, 3.63) is 50.9 Å². The Kier molecular flexibility index (Phi) is 4.09. The molecule has 0 saturated carbocycles. The molecule has 1 N–H and O–H groups in total. The van der Waals surface area contributed by atoms with Crippen molar-refractivity contribution in [2.75, 3.05) is 0 Å². The molecule has 0 unspecified atom stereocenters. The minimum atomic E-state index is 0.351. The molecule has 0 radical (unpaired) electrons. The van der Waals surface area contributed by atoms with Gasteiger partial charge in [-0.25, -0.2) is 0 Å². The Morgan fingerprint density at radius 3 is 2.81 bits per heavy atom. The molecule has 2 heterocycles. The van der Waals surface area contributed by atoms with Gasteiger partial charge in [0.1, 0.15) is 0 Å². The van der Waals surface area contributed by atoms with Gasteiger partial charge in [-0.15, -0.1) is 11.3 Å². The molecular formula is C12H13BrN2S. The van der Waals surface area contributed by atoms with Gasteiger partial charge in [0.15, 0.2) is 0 Å². The van der Waals surface area contributed by atoms with Gasteiger partial charge in [0.2, 0.25) is 0 Å². The molecule has 0 aliphatic rings. The average molecular weight is 297 g/mol. The number of aromatic nitrogens is 1. The molecule has 1 atom stereocenters. The number of hydrogen-bond acceptors (Lipinski definition) is 3. The molecule has 0 saturated heterocycles. The van der Waals surface area contributed by atoms with E-state index in [1.54, 1.807) is 11.3 Å². The van der Waals surface area contributed by atoms with E-state index in [1.807, 2.05) is 24.5 Å². The first-order chi connectivity index (χ1) is 7.75. The highest BCUT2D eigenvalue weighted by Crippen LogP contribution is 2.20. The summed E-state index contributed by atoms with van der Waals surface area (Å²) in [6, 6.07) is 6.59.